The number of aromatic nitrogens is 2. The standard InChI is InChI=1S/C24H21N3O3/c1-16-25-22-9-4-3-8-21(22)23(26-16)27(2)19-6-5-7-20(14-19)30-15-17-10-12-18(13-11-17)24(28)29/h3-14H,15H2,1-2H3,(H,28,29). The van der Waals surface area contributed by atoms with E-state index in [4.69, 9.17) is 9.84 Å². The lowest BCUT2D eigenvalue weighted by Gasteiger charge is -2.21. The molecule has 0 amide bonds. The van der Waals surface area contributed by atoms with E-state index >= 15 is 0 Å². The molecule has 0 unspecified atom stereocenters. The molecule has 4 aromatic rings. The number of carboxylic acids is 1. The quantitative estimate of drug-likeness (QED) is 0.493. The van der Waals surface area contributed by atoms with Crippen molar-refractivity contribution in [1.82, 2.24) is 9.97 Å². The molecule has 0 bridgehead atoms. The van der Waals surface area contributed by atoms with Crippen molar-refractivity contribution in [2.75, 3.05) is 11.9 Å². The molecule has 4 rings (SSSR count). The Morgan fingerprint density at radius 2 is 1.77 bits per heavy atom. The number of carbonyl (C=O) groups is 1. The molecule has 30 heavy (non-hydrogen) atoms. The van der Waals surface area contributed by atoms with Gasteiger partial charge in [0.1, 0.15) is 24.0 Å². The van der Waals surface area contributed by atoms with Gasteiger partial charge in [0.15, 0.2) is 0 Å². The average molecular weight is 399 g/mol. The maximum Gasteiger partial charge on any atom is 0.335 e. The highest BCUT2D eigenvalue weighted by atomic mass is 16.5. The third-order valence-electron chi connectivity index (χ3n) is 4.82. The molecule has 0 aliphatic rings. The lowest BCUT2D eigenvalue weighted by molar-refractivity contribution is 0.0697. The second-order valence-corrected chi connectivity index (χ2v) is 6.96. The predicted molar refractivity (Wildman–Crippen MR) is 117 cm³/mol. The smallest absolute Gasteiger partial charge is 0.335 e. The Morgan fingerprint density at radius 3 is 2.53 bits per heavy atom. The van der Waals surface area contributed by atoms with Crippen LogP contribution in [0.2, 0.25) is 0 Å². The number of para-hydroxylation sites is 1. The zero-order chi connectivity index (χ0) is 21.1. The Labute approximate surface area is 174 Å². The van der Waals surface area contributed by atoms with Crippen LogP contribution in [0.25, 0.3) is 10.9 Å². The number of fused-ring (bicyclic) bond motifs is 1. The zero-order valence-corrected chi connectivity index (χ0v) is 16.7. The van der Waals surface area contributed by atoms with Crippen LogP contribution in [0.3, 0.4) is 0 Å². The van der Waals surface area contributed by atoms with E-state index in [0.717, 1.165) is 33.7 Å². The number of nitrogens with zero attached hydrogens (tertiary/aromatic N) is 3. The molecule has 0 radical (unpaired) electrons. The van der Waals surface area contributed by atoms with E-state index in [9.17, 15) is 4.79 Å². The van der Waals surface area contributed by atoms with Crippen LogP contribution in [-0.4, -0.2) is 28.1 Å². The Hall–Kier alpha value is -3.93. The van der Waals surface area contributed by atoms with E-state index in [1.165, 1.54) is 0 Å². The predicted octanol–water partition coefficient (Wildman–Crippen LogP) is 4.98. The highest BCUT2D eigenvalue weighted by Crippen LogP contribution is 2.30. The van der Waals surface area contributed by atoms with Crippen LogP contribution >= 0.6 is 0 Å². The minimum absolute atomic E-state index is 0.259. The minimum Gasteiger partial charge on any atom is -0.489 e. The van der Waals surface area contributed by atoms with Crippen LogP contribution in [-0.2, 0) is 6.61 Å². The van der Waals surface area contributed by atoms with E-state index in [0.29, 0.717) is 12.4 Å². The first kappa shape index (κ1) is 19.4. The normalized spacial score (nSPS) is 10.7. The van der Waals surface area contributed by atoms with Crippen molar-refractivity contribution in [3.05, 3.63) is 89.7 Å². The molecular formula is C24H21N3O3. The van der Waals surface area contributed by atoms with Gasteiger partial charge in [-0.2, -0.15) is 0 Å². The van der Waals surface area contributed by atoms with Crippen molar-refractivity contribution in [1.29, 1.82) is 0 Å². The summed E-state index contributed by atoms with van der Waals surface area (Å²) < 4.78 is 5.92. The molecule has 6 heteroatoms. The van der Waals surface area contributed by atoms with E-state index < -0.39 is 5.97 Å². The summed E-state index contributed by atoms with van der Waals surface area (Å²) in [5.74, 6) is 1.33. The third-order valence-corrected chi connectivity index (χ3v) is 4.82. The molecule has 1 heterocycles. The number of aryl methyl sites for hydroxylation is 1. The first-order chi connectivity index (χ1) is 14.5. The Morgan fingerprint density at radius 1 is 1.00 bits per heavy atom. The van der Waals surface area contributed by atoms with Crippen molar-refractivity contribution in [2.45, 2.75) is 13.5 Å². The maximum atomic E-state index is 11.0. The summed E-state index contributed by atoms with van der Waals surface area (Å²) in [5, 5.41) is 9.98. The summed E-state index contributed by atoms with van der Waals surface area (Å²) >= 11 is 0. The van der Waals surface area contributed by atoms with Gasteiger partial charge < -0.3 is 14.7 Å². The van der Waals surface area contributed by atoms with E-state index in [1.807, 2.05) is 67.4 Å². The summed E-state index contributed by atoms with van der Waals surface area (Å²) in [7, 11) is 1.97. The van der Waals surface area contributed by atoms with Gasteiger partial charge in [0.2, 0.25) is 0 Å². The number of carboxylic acid groups (broad SMARTS) is 1. The molecule has 6 nitrogen and oxygen atoms in total. The highest BCUT2D eigenvalue weighted by Gasteiger charge is 2.12. The van der Waals surface area contributed by atoms with Crippen molar-refractivity contribution in [3.8, 4) is 5.75 Å². The molecular weight excluding hydrogens is 378 g/mol. The fourth-order valence-corrected chi connectivity index (χ4v) is 3.24. The van der Waals surface area contributed by atoms with Gasteiger partial charge in [-0.25, -0.2) is 14.8 Å². The molecule has 0 aliphatic carbocycles. The number of benzene rings is 3. The zero-order valence-electron chi connectivity index (χ0n) is 16.7. The molecule has 3 aromatic carbocycles. The molecule has 1 N–H and O–H groups in total. The van der Waals surface area contributed by atoms with E-state index in [-0.39, 0.29) is 5.56 Å². The molecule has 0 saturated carbocycles. The van der Waals surface area contributed by atoms with Gasteiger partial charge in [-0.15, -0.1) is 0 Å². The largest absolute Gasteiger partial charge is 0.489 e. The molecule has 0 saturated heterocycles. The first-order valence-corrected chi connectivity index (χ1v) is 9.53. The Kier molecular flexibility index (Phi) is 5.30. The fraction of sp³-hybridized carbons (Fsp3) is 0.125. The molecule has 0 spiro atoms. The van der Waals surface area contributed by atoms with Crippen molar-refractivity contribution >= 4 is 28.4 Å². The van der Waals surface area contributed by atoms with Gasteiger partial charge in [-0.05, 0) is 48.9 Å². The number of rotatable bonds is 6. The summed E-state index contributed by atoms with van der Waals surface area (Å²) in [6, 6.07) is 22.4. The topological polar surface area (TPSA) is 75.6 Å². The second kappa shape index (κ2) is 8.21. The van der Waals surface area contributed by atoms with Crippen molar-refractivity contribution in [3.63, 3.8) is 0 Å². The highest BCUT2D eigenvalue weighted by molar-refractivity contribution is 5.91. The van der Waals surface area contributed by atoms with Crippen LogP contribution in [0.5, 0.6) is 5.75 Å². The van der Waals surface area contributed by atoms with Gasteiger partial charge >= 0.3 is 5.97 Å². The summed E-state index contributed by atoms with van der Waals surface area (Å²) in [6.45, 7) is 2.24. The third kappa shape index (κ3) is 4.07. The molecule has 0 atom stereocenters. The summed E-state index contributed by atoms with van der Waals surface area (Å²) in [5.41, 5.74) is 3.01. The minimum atomic E-state index is -0.939. The van der Waals surface area contributed by atoms with Crippen LogP contribution in [0.1, 0.15) is 21.7 Å². The number of aromatic carboxylic acids is 1. The van der Waals surface area contributed by atoms with Crippen LogP contribution in [0.15, 0.2) is 72.8 Å². The maximum absolute atomic E-state index is 11.0. The fourth-order valence-electron chi connectivity index (χ4n) is 3.24. The summed E-state index contributed by atoms with van der Waals surface area (Å²) in [4.78, 5) is 22.1. The SMILES string of the molecule is Cc1nc(N(C)c2cccc(OCc3ccc(C(=O)O)cc3)c2)c2ccccc2n1. The molecule has 150 valence electrons. The Bertz CT molecular complexity index is 1210. The van der Waals surface area contributed by atoms with E-state index in [2.05, 4.69) is 9.97 Å². The van der Waals surface area contributed by atoms with Gasteiger partial charge in [-0.1, -0.05) is 30.3 Å². The number of ether oxygens (including phenoxy) is 1. The van der Waals surface area contributed by atoms with Crippen LogP contribution in [0, 0.1) is 6.92 Å². The number of anilines is 2. The van der Waals surface area contributed by atoms with Crippen molar-refractivity contribution < 1.29 is 14.6 Å². The van der Waals surface area contributed by atoms with Gasteiger partial charge in [0.25, 0.3) is 0 Å². The van der Waals surface area contributed by atoms with Crippen LogP contribution in [0.4, 0.5) is 11.5 Å². The van der Waals surface area contributed by atoms with Gasteiger partial charge in [0.05, 0.1) is 11.1 Å². The molecule has 0 fully saturated rings. The molecule has 1 aromatic heterocycles. The number of hydrogen-bond acceptors (Lipinski definition) is 5. The lowest BCUT2D eigenvalue weighted by Crippen LogP contribution is -2.13. The lowest BCUT2D eigenvalue weighted by atomic mass is 10.1. The van der Waals surface area contributed by atoms with Gasteiger partial charge in [0, 0.05) is 24.2 Å². The second-order valence-electron chi connectivity index (χ2n) is 6.96. The average Bonchev–Trinajstić information content (AvgIpc) is 2.77. The monoisotopic (exact) mass is 399 g/mol. The summed E-state index contributed by atoms with van der Waals surface area (Å²) in [6.07, 6.45) is 0. The van der Waals surface area contributed by atoms with Crippen molar-refractivity contribution in [2.24, 2.45) is 0 Å². The van der Waals surface area contributed by atoms with Gasteiger partial charge in [-0.3, -0.25) is 0 Å². The Balaban J connectivity index is 1.55. The number of hydrogen-bond donors (Lipinski definition) is 1. The van der Waals surface area contributed by atoms with Crippen LogP contribution < -0.4 is 9.64 Å². The molecule has 0 aliphatic heterocycles. The van der Waals surface area contributed by atoms with E-state index in [1.54, 1.807) is 24.3 Å². The first-order valence-electron chi connectivity index (χ1n) is 9.53.